The van der Waals surface area contributed by atoms with Crippen LogP contribution in [0.4, 0.5) is 5.82 Å². The smallest absolute Gasteiger partial charge is 0.138 e. The number of fused-ring (bicyclic) bond motifs is 3. The number of likely N-dealkylation sites (N-methyl/N-ethyl adjacent to an activating group) is 2. The molecule has 0 saturated heterocycles. The van der Waals surface area contributed by atoms with Crippen LogP contribution < -0.4 is 4.90 Å². The van der Waals surface area contributed by atoms with Crippen molar-refractivity contribution in [2.75, 3.05) is 39.1 Å². The van der Waals surface area contributed by atoms with E-state index in [0.717, 1.165) is 24.4 Å². The molecular weight excluding hydrogens is 248 g/mol. The third-order valence-electron chi connectivity index (χ3n) is 3.63. The molecule has 2 aromatic heterocycles. The second-order valence-electron chi connectivity index (χ2n) is 5.44. The molecular formula is C16H20N4. The van der Waals surface area contributed by atoms with E-state index in [1.807, 2.05) is 12.3 Å². The third kappa shape index (κ3) is 2.23. The molecule has 0 aliphatic rings. The molecule has 1 aromatic carbocycles. The predicted octanol–water partition coefficient (Wildman–Crippen LogP) is 2.71. The first-order chi connectivity index (χ1) is 9.66. The normalized spacial score (nSPS) is 11.6. The van der Waals surface area contributed by atoms with Crippen molar-refractivity contribution < 1.29 is 0 Å². The van der Waals surface area contributed by atoms with Crippen LogP contribution in [0.2, 0.25) is 0 Å². The molecule has 104 valence electrons. The first kappa shape index (κ1) is 12.9. The molecule has 4 nitrogen and oxygen atoms in total. The molecule has 0 atom stereocenters. The molecule has 0 amide bonds. The van der Waals surface area contributed by atoms with E-state index in [4.69, 9.17) is 4.98 Å². The van der Waals surface area contributed by atoms with Crippen molar-refractivity contribution in [3.8, 4) is 0 Å². The van der Waals surface area contributed by atoms with Crippen LogP contribution in [0.25, 0.3) is 21.8 Å². The average molecular weight is 268 g/mol. The lowest BCUT2D eigenvalue weighted by Crippen LogP contribution is -2.29. The Hall–Kier alpha value is -2.07. The molecule has 0 saturated carbocycles. The Morgan fingerprint density at radius 2 is 1.80 bits per heavy atom. The number of anilines is 1. The van der Waals surface area contributed by atoms with Gasteiger partial charge in [0, 0.05) is 37.1 Å². The van der Waals surface area contributed by atoms with E-state index in [1.54, 1.807) is 0 Å². The molecule has 0 spiro atoms. The molecule has 0 aliphatic heterocycles. The molecule has 3 aromatic rings. The topological polar surface area (TPSA) is 35.2 Å². The number of aromatic amines is 1. The van der Waals surface area contributed by atoms with Gasteiger partial charge in [-0.05, 0) is 26.2 Å². The Labute approximate surface area is 119 Å². The zero-order chi connectivity index (χ0) is 14.1. The average Bonchev–Trinajstić information content (AvgIpc) is 2.93. The van der Waals surface area contributed by atoms with E-state index in [2.05, 4.69) is 60.2 Å². The van der Waals surface area contributed by atoms with Gasteiger partial charge in [-0.2, -0.15) is 0 Å². The van der Waals surface area contributed by atoms with Gasteiger partial charge in [0.15, 0.2) is 0 Å². The van der Waals surface area contributed by atoms with Crippen molar-refractivity contribution in [2.45, 2.75) is 0 Å². The van der Waals surface area contributed by atoms with Gasteiger partial charge in [-0.1, -0.05) is 18.2 Å². The van der Waals surface area contributed by atoms with E-state index in [0.29, 0.717) is 0 Å². The number of pyridine rings is 1. The van der Waals surface area contributed by atoms with Crippen molar-refractivity contribution in [1.29, 1.82) is 0 Å². The fourth-order valence-electron chi connectivity index (χ4n) is 2.48. The zero-order valence-electron chi connectivity index (χ0n) is 12.2. The number of para-hydroxylation sites is 1. The van der Waals surface area contributed by atoms with E-state index < -0.39 is 0 Å². The molecule has 0 radical (unpaired) electrons. The van der Waals surface area contributed by atoms with Crippen LogP contribution in [0, 0.1) is 0 Å². The second kappa shape index (κ2) is 5.13. The first-order valence-electron chi connectivity index (χ1n) is 6.88. The number of hydrogen-bond donors (Lipinski definition) is 1. The minimum atomic E-state index is 0.957. The Morgan fingerprint density at radius 3 is 2.60 bits per heavy atom. The van der Waals surface area contributed by atoms with Crippen LogP contribution >= 0.6 is 0 Å². The number of benzene rings is 1. The maximum atomic E-state index is 4.84. The SMILES string of the molecule is CN(C)CCN(C)c1nc2ccccc2c2[nH]ccc12. The van der Waals surface area contributed by atoms with Crippen LogP contribution in [-0.4, -0.2) is 49.1 Å². The Morgan fingerprint density at radius 1 is 1.00 bits per heavy atom. The Bertz CT molecular complexity index is 730. The van der Waals surface area contributed by atoms with Gasteiger partial charge in [-0.15, -0.1) is 0 Å². The van der Waals surface area contributed by atoms with Gasteiger partial charge in [0.05, 0.1) is 11.0 Å². The van der Waals surface area contributed by atoms with Crippen LogP contribution in [-0.2, 0) is 0 Å². The van der Waals surface area contributed by atoms with Gasteiger partial charge in [-0.25, -0.2) is 4.98 Å². The summed E-state index contributed by atoms with van der Waals surface area (Å²) < 4.78 is 0. The number of nitrogens with one attached hydrogen (secondary N) is 1. The summed E-state index contributed by atoms with van der Waals surface area (Å²) in [5.41, 5.74) is 2.21. The summed E-state index contributed by atoms with van der Waals surface area (Å²) in [4.78, 5) is 12.6. The fourth-order valence-corrected chi connectivity index (χ4v) is 2.48. The van der Waals surface area contributed by atoms with Gasteiger partial charge in [0.25, 0.3) is 0 Å². The number of H-pyrrole nitrogens is 1. The molecule has 2 heterocycles. The number of nitrogens with zero attached hydrogens (tertiary/aromatic N) is 3. The summed E-state index contributed by atoms with van der Waals surface area (Å²) in [5, 5.41) is 2.36. The van der Waals surface area contributed by atoms with Gasteiger partial charge >= 0.3 is 0 Å². The molecule has 1 N–H and O–H groups in total. The first-order valence-corrected chi connectivity index (χ1v) is 6.88. The van der Waals surface area contributed by atoms with Gasteiger partial charge < -0.3 is 14.8 Å². The highest BCUT2D eigenvalue weighted by atomic mass is 15.2. The molecule has 20 heavy (non-hydrogen) atoms. The summed E-state index contributed by atoms with van der Waals surface area (Å²) in [6, 6.07) is 10.4. The molecule has 0 aliphatic carbocycles. The largest absolute Gasteiger partial charge is 0.361 e. The maximum Gasteiger partial charge on any atom is 0.138 e. The summed E-state index contributed by atoms with van der Waals surface area (Å²) in [7, 11) is 6.29. The van der Waals surface area contributed by atoms with Crippen molar-refractivity contribution in [3.05, 3.63) is 36.5 Å². The quantitative estimate of drug-likeness (QED) is 0.790. The molecule has 3 rings (SSSR count). The Kier molecular flexibility index (Phi) is 3.32. The lowest BCUT2D eigenvalue weighted by atomic mass is 10.1. The summed E-state index contributed by atoms with van der Waals surface area (Å²) >= 11 is 0. The second-order valence-corrected chi connectivity index (χ2v) is 5.44. The van der Waals surface area contributed by atoms with E-state index in [9.17, 15) is 0 Å². The minimum absolute atomic E-state index is 0.957. The zero-order valence-corrected chi connectivity index (χ0v) is 12.2. The third-order valence-corrected chi connectivity index (χ3v) is 3.63. The van der Waals surface area contributed by atoms with E-state index in [1.165, 1.54) is 16.3 Å². The van der Waals surface area contributed by atoms with Gasteiger partial charge in [0.1, 0.15) is 5.82 Å². The van der Waals surface area contributed by atoms with Crippen molar-refractivity contribution in [2.24, 2.45) is 0 Å². The summed E-state index contributed by atoms with van der Waals surface area (Å²) in [6.45, 7) is 1.97. The Balaban J connectivity index is 2.10. The number of rotatable bonds is 4. The van der Waals surface area contributed by atoms with Crippen molar-refractivity contribution >= 4 is 27.6 Å². The van der Waals surface area contributed by atoms with Crippen molar-refractivity contribution in [3.63, 3.8) is 0 Å². The lowest BCUT2D eigenvalue weighted by Gasteiger charge is -2.21. The van der Waals surface area contributed by atoms with Crippen LogP contribution in [0.15, 0.2) is 36.5 Å². The van der Waals surface area contributed by atoms with E-state index >= 15 is 0 Å². The molecule has 0 unspecified atom stereocenters. The lowest BCUT2D eigenvalue weighted by molar-refractivity contribution is 0.416. The number of hydrogen-bond acceptors (Lipinski definition) is 3. The summed E-state index contributed by atoms with van der Waals surface area (Å²) in [5.74, 6) is 1.04. The van der Waals surface area contributed by atoms with Crippen LogP contribution in [0.3, 0.4) is 0 Å². The predicted molar refractivity (Wildman–Crippen MR) is 85.4 cm³/mol. The van der Waals surface area contributed by atoms with Crippen molar-refractivity contribution in [1.82, 2.24) is 14.9 Å². The van der Waals surface area contributed by atoms with E-state index in [-0.39, 0.29) is 0 Å². The monoisotopic (exact) mass is 268 g/mol. The van der Waals surface area contributed by atoms with Gasteiger partial charge in [0.2, 0.25) is 0 Å². The summed E-state index contributed by atoms with van der Waals surface area (Å²) in [6.07, 6.45) is 1.99. The molecule has 0 fully saturated rings. The molecule has 4 heteroatoms. The van der Waals surface area contributed by atoms with Crippen LogP contribution in [0.1, 0.15) is 0 Å². The molecule has 0 bridgehead atoms. The van der Waals surface area contributed by atoms with Gasteiger partial charge in [-0.3, -0.25) is 0 Å². The highest BCUT2D eigenvalue weighted by Crippen LogP contribution is 2.29. The minimum Gasteiger partial charge on any atom is -0.361 e. The maximum absolute atomic E-state index is 4.84. The highest BCUT2D eigenvalue weighted by Gasteiger charge is 2.12. The highest BCUT2D eigenvalue weighted by molar-refractivity contribution is 6.08. The van der Waals surface area contributed by atoms with Crippen LogP contribution in [0.5, 0.6) is 0 Å². The fraction of sp³-hybridized carbons (Fsp3) is 0.312. The number of aromatic nitrogens is 2. The standard InChI is InChI=1S/C16H20N4/c1-19(2)10-11-20(3)16-13-8-9-17-15(13)12-6-4-5-7-14(12)18-16/h4-9,17H,10-11H2,1-3H3.